The lowest BCUT2D eigenvalue weighted by molar-refractivity contribution is 0.553. The number of nitrogens with one attached hydrogen (secondary N) is 2. The minimum atomic E-state index is -3.76. The molecule has 120 valence electrons. The molecule has 0 radical (unpaired) electrons. The summed E-state index contributed by atoms with van der Waals surface area (Å²) in [5.74, 6) is 0. The van der Waals surface area contributed by atoms with E-state index in [-0.39, 0.29) is 27.9 Å². The van der Waals surface area contributed by atoms with Crippen molar-refractivity contribution in [2.24, 2.45) is 0 Å². The largest absolute Gasteiger partial charge is 0.316 e. The van der Waals surface area contributed by atoms with Crippen LogP contribution in [-0.4, -0.2) is 42.7 Å². The molecular weight excluding hydrogens is 312 g/mol. The topological polar surface area (TPSA) is 92.3 Å². The molecule has 0 saturated carbocycles. The molecule has 1 atom stereocenters. The van der Waals surface area contributed by atoms with E-state index >= 15 is 0 Å². The van der Waals surface area contributed by atoms with Gasteiger partial charge in [0.1, 0.15) is 0 Å². The standard InChI is InChI=1S/C13H22N2O4S2/c1-9-6-12(20(5,16)17)11(3)13(7-9)21(18,19)15-8-10(2)14-4/h6-7,10,14-15H,8H2,1-5H3. The van der Waals surface area contributed by atoms with Crippen LogP contribution in [0.15, 0.2) is 21.9 Å². The first-order valence-corrected chi connectivity index (χ1v) is 9.84. The third kappa shape index (κ3) is 4.50. The monoisotopic (exact) mass is 334 g/mol. The summed E-state index contributed by atoms with van der Waals surface area (Å²) < 4.78 is 50.8. The Balaban J connectivity index is 3.34. The van der Waals surface area contributed by atoms with E-state index in [0.717, 1.165) is 6.26 Å². The van der Waals surface area contributed by atoms with Gasteiger partial charge in [0.2, 0.25) is 10.0 Å². The van der Waals surface area contributed by atoms with Gasteiger partial charge in [-0.25, -0.2) is 21.6 Å². The van der Waals surface area contributed by atoms with Crippen molar-refractivity contribution in [3.8, 4) is 0 Å². The molecule has 1 rings (SSSR count). The van der Waals surface area contributed by atoms with Crippen LogP contribution < -0.4 is 10.0 Å². The number of sulfonamides is 1. The fourth-order valence-electron chi connectivity index (χ4n) is 1.87. The third-order valence-electron chi connectivity index (χ3n) is 3.22. The molecule has 0 fully saturated rings. The van der Waals surface area contributed by atoms with E-state index in [2.05, 4.69) is 10.0 Å². The molecular formula is C13H22N2O4S2. The molecule has 0 bridgehead atoms. The Morgan fingerprint density at radius 1 is 1.10 bits per heavy atom. The Labute approximate surface area is 126 Å². The summed E-state index contributed by atoms with van der Waals surface area (Å²) in [6.07, 6.45) is 1.07. The molecule has 0 amide bonds. The van der Waals surface area contributed by atoms with E-state index in [4.69, 9.17) is 0 Å². The average Bonchev–Trinajstić information content (AvgIpc) is 2.36. The van der Waals surface area contributed by atoms with Crippen LogP contribution in [0.1, 0.15) is 18.1 Å². The fourth-order valence-corrected chi connectivity index (χ4v) is 4.48. The highest BCUT2D eigenvalue weighted by molar-refractivity contribution is 7.91. The summed E-state index contributed by atoms with van der Waals surface area (Å²) in [6, 6.07) is 2.94. The lowest BCUT2D eigenvalue weighted by Crippen LogP contribution is -2.37. The molecule has 0 aliphatic rings. The number of hydrogen-bond acceptors (Lipinski definition) is 5. The molecule has 1 aromatic rings. The number of sulfone groups is 1. The van der Waals surface area contributed by atoms with Gasteiger partial charge in [0.25, 0.3) is 0 Å². The van der Waals surface area contributed by atoms with Gasteiger partial charge in [0, 0.05) is 18.8 Å². The molecule has 0 aromatic heterocycles. The van der Waals surface area contributed by atoms with Crippen molar-refractivity contribution < 1.29 is 16.8 Å². The predicted octanol–water partition coefficient (Wildman–Crippen LogP) is 0.593. The van der Waals surface area contributed by atoms with E-state index in [1.807, 2.05) is 6.92 Å². The van der Waals surface area contributed by atoms with Gasteiger partial charge in [-0.2, -0.15) is 0 Å². The molecule has 0 aliphatic heterocycles. The minimum absolute atomic E-state index is 0.00577. The van der Waals surface area contributed by atoms with Crippen molar-refractivity contribution in [3.63, 3.8) is 0 Å². The lowest BCUT2D eigenvalue weighted by Gasteiger charge is -2.15. The van der Waals surface area contributed by atoms with Gasteiger partial charge in [-0.15, -0.1) is 0 Å². The number of hydrogen-bond donors (Lipinski definition) is 2. The van der Waals surface area contributed by atoms with E-state index in [1.54, 1.807) is 14.0 Å². The first-order chi connectivity index (χ1) is 9.49. The molecule has 1 aromatic carbocycles. The van der Waals surface area contributed by atoms with Crippen LogP contribution in [0.2, 0.25) is 0 Å². The summed E-state index contributed by atoms with van der Waals surface area (Å²) in [5.41, 5.74) is 0.829. The maximum absolute atomic E-state index is 12.4. The van der Waals surface area contributed by atoms with Crippen LogP contribution in [0, 0.1) is 13.8 Å². The second-order valence-corrected chi connectivity index (χ2v) is 8.92. The highest BCUT2D eigenvalue weighted by Gasteiger charge is 2.23. The average molecular weight is 334 g/mol. The lowest BCUT2D eigenvalue weighted by atomic mass is 10.2. The van der Waals surface area contributed by atoms with Gasteiger partial charge in [0.05, 0.1) is 9.79 Å². The molecule has 0 heterocycles. The summed E-state index contributed by atoms with van der Waals surface area (Å²) >= 11 is 0. The van der Waals surface area contributed by atoms with Crippen LogP contribution in [0.5, 0.6) is 0 Å². The van der Waals surface area contributed by atoms with Gasteiger partial charge in [-0.3, -0.25) is 0 Å². The van der Waals surface area contributed by atoms with Gasteiger partial charge in [-0.1, -0.05) is 0 Å². The Morgan fingerprint density at radius 2 is 1.62 bits per heavy atom. The second kappa shape index (κ2) is 6.43. The van der Waals surface area contributed by atoms with Crippen LogP contribution in [0.25, 0.3) is 0 Å². The smallest absolute Gasteiger partial charge is 0.240 e. The molecule has 1 unspecified atom stereocenters. The van der Waals surface area contributed by atoms with Crippen molar-refractivity contribution in [1.82, 2.24) is 10.0 Å². The fraction of sp³-hybridized carbons (Fsp3) is 0.538. The van der Waals surface area contributed by atoms with Gasteiger partial charge in [-0.05, 0) is 51.1 Å². The Morgan fingerprint density at radius 3 is 2.10 bits per heavy atom. The van der Waals surface area contributed by atoms with Gasteiger partial charge in [0.15, 0.2) is 9.84 Å². The second-order valence-electron chi connectivity index (χ2n) is 5.20. The van der Waals surface area contributed by atoms with Crippen LogP contribution in [0.4, 0.5) is 0 Å². The number of likely N-dealkylation sites (N-methyl/N-ethyl adjacent to an activating group) is 1. The minimum Gasteiger partial charge on any atom is -0.316 e. The first kappa shape index (κ1) is 18.1. The van der Waals surface area contributed by atoms with E-state index in [9.17, 15) is 16.8 Å². The van der Waals surface area contributed by atoms with Crippen molar-refractivity contribution in [2.75, 3.05) is 19.8 Å². The Bertz CT molecular complexity index is 725. The molecule has 0 saturated heterocycles. The van der Waals surface area contributed by atoms with E-state index in [0.29, 0.717) is 5.56 Å². The zero-order valence-corrected chi connectivity index (χ0v) is 14.5. The number of aryl methyl sites for hydroxylation is 1. The highest BCUT2D eigenvalue weighted by Crippen LogP contribution is 2.24. The molecule has 2 N–H and O–H groups in total. The number of benzene rings is 1. The highest BCUT2D eigenvalue weighted by atomic mass is 32.2. The van der Waals surface area contributed by atoms with Crippen molar-refractivity contribution >= 4 is 19.9 Å². The van der Waals surface area contributed by atoms with Crippen molar-refractivity contribution in [1.29, 1.82) is 0 Å². The zero-order valence-electron chi connectivity index (χ0n) is 12.9. The molecule has 6 nitrogen and oxygen atoms in total. The quantitative estimate of drug-likeness (QED) is 0.794. The molecule has 8 heteroatoms. The normalized spacial score (nSPS) is 14.1. The van der Waals surface area contributed by atoms with Gasteiger partial charge < -0.3 is 5.32 Å². The Hall–Kier alpha value is -0.960. The molecule has 0 aliphatic carbocycles. The van der Waals surface area contributed by atoms with Crippen molar-refractivity contribution in [2.45, 2.75) is 36.6 Å². The summed E-state index contributed by atoms with van der Waals surface area (Å²) in [6.45, 7) is 5.24. The summed E-state index contributed by atoms with van der Waals surface area (Å²) in [5, 5.41) is 2.93. The van der Waals surface area contributed by atoms with Crippen molar-refractivity contribution in [3.05, 3.63) is 23.3 Å². The first-order valence-electron chi connectivity index (χ1n) is 6.47. The summed E-state index contributed by atoms with van der Waals surface area (Å²) in [7, 11) is -5.50. The SMILES string of the molecule is CNC(C)CNS(=O)(=O)c1cc(C)cc(S(C)(=O)=O)c1C. The number of rotatable bonds is 6. The maximum Gasteiger partial charge on any atom is 0.240 e. The Kier molecular flexibility index (Phi) is 5.54. The molecule has 21 heavy (non-hydrogen) atoms. The van der Waals surface area contributed by atoms with E-state index < -0.39 is 19.9 Å². The maximum atomic E-state index is 12.4. The van der Waals surface area contributed by atoms with Crippen LogP contribution >= 0.6 is 0 Å². The van der Waals surface area contributed by atoms with Crippen LogP contribution in [-0.2, 0) is 19.9 Å². The zero-order chi connectivity index (χ0) is 16.4. The van der Waals surface area contributed by atoms with Gasteiger partial charge >= 0.3 is 0 Å². The van der Waals surface area contributed by atoms with Crippen LogP contribution in [0.3, 0.4) is 0 Å². The van der Waals surface area contributed by atoms with E-state index in [1.165, 1.54) is 19.1 Å². The third-order valence-corrected chi connectivity index (χ3v) is 5.99. The summed E-state index contributed by atoms with van der Waals surface area (Å²) in [4.78, 5) is 0.0516. The molecule has 0 spiro atoms. The predicted molar refractivity (Wildman–Crippen MR) is 82.7 cm³/mol.